The molecule has 0 aliphatic carbocycles. The predicted octanol–water partition coefficient (Wildman–Crippen LogP) is 6.49. The van der Waals surface area contributed by atoms with Crippen molar-refractivity contribution in [1.82, 2.24) is 9.88 Å². The smallest absolute Gasteiger partial charge is 0.236 e. The lowest BCUT2D eigenvalue weighted by Gasteiger charge is -2.37. The summed E-state index contributed by atoms with van der Waals surface area (Å²) < 4.78 is 19.6. The molecule has 0 spiro atoms. The molecule has 0 radical (unpaired) electrons. The Morgan fingerprint density at radius 2 is 1.64 bits per heavy atom. The molecule has 1 aliphatic rings. The van der Waals surface area contributed by atoms with Crippen LogP contribution in [-0.2, 0) is 12.1 Å². The van der Waals surface area contributed by atoms with Crippen molar-refractivity contribution in [3.8, 4) is 0 Å². The Kier molecular flexibility index (Phi) is 7.56. The standard InChI is InChI=1S/C30H31FN2O2S/c1-2-22-17-18-33(21-28(22)36-27-15-13-25(31)14-16-27)20-26-19-32-29(35-26)30(34,23-9-5-3-6-10-23)24-11-7-4-8-12-24/h3-16,19,22,28,34H,2,17-18,20-21H2,1H3. The van der Waals surface area contributed by atoms with E-state index in [2.05, 4.69) is 16.8 Å². The molecule has 2 atom stereocenters. The van der Waals surface area contributed by atoms with Gasteiger partial charge in [-0.05, 0) is 54.3 Å². The molecule has 186 valence electrons. The van der Waals surface area contributed by atoms with Crippen molar-refractivity contribution in [2.75, 3.05) is 13.1 Å². The Labute approximate surface area is 216 Å². The molecule has 1 aliphatic heterocycles. The summed E-state index contributed by atoms with van der Waals surface area (Å²) in [7, 11) is 0. The number of rotatable bonds is 8. The highest BCUT2D eigenvalue weighted by Crippen LogP contribution is 2.38. The van der Waals surface area contributed by atoms with Crippen LogP contribution in [0.2, 0.25) is 0 Å². The Bertz CT molecular complexity index is 1210. The SMILES string of the molecule is CCC1CCN(Cc2cnc(C(O)(c3ccccc3)c3ccccc3)o2)CC1Sc1ccc(F)cc1. The van der Waals surface area contributed by atoms with Crippen molar-refractivity contribution in [2.24, 2.45) is 5.92 Å². The van der Waals surface area contributed by atoms with Crippen LogP contribution in [0.3, 0.4) is 0 Å². The van der Waals surface area contributed by atoms with E-state index >= 15 is 0 Å². The first-order chi connectivity index (χ1) is 17.6. The van der Waals surface area contributed by atoms with Gasteiger partial charge in [-0.3, -0.25) is 4.90 Å². The van der Waals surface area contributed by atoms with Gasteiger partial charge in [-0.1, -0.05) is 74.0 Å². The highest BCUT2D eigenvalue weighted by molar-refractivity contribution is 8.00. The largest absolute Gasteiger partial charge is 0.441 e. The van der Waals surface area contributed by atoms with Gasteiger partial charge in [-0.25, -0.2) is 9.37 Å². The van der Waals surface area contributed by atoms with Crippen molar-refractivity contribution in [1.29, 1.82) is 0 Å². The normalized spacial score (nSPS) is 18.9. The molecule has 0 amide bonds. The lowest BCUT2D eigenvalue weighted by Crippen LogP contribution is -2.41. The number of benzene rings is 3. The molecular weight excluding hydrogens is 471 g/mol. The number of likely N-dealkylation sites (tertiary alicyclic amines) is 1. The van der Waals surface area contributed by atoms with Crippen LogP contribution in [0.4, 0.5) is 4.39 Å². The van der Waals surface area contributed by atoms with Crippen LogP contribution in [0.15, 0.2) is 100 Å². The van der Waals surface area contributed by atoms with Gasteiger partial charge in [-0.15, -0.1) is 11.8 Å². The Morgan fingerprint density at radius 3 is 2.25 bits per heavy atom. The minimum atomic E-state index is -1.48. The van der Waals surface area contributed by atoms with E-state index in [0.29, 0.717) is 28.8 Å². The molecule has 4 aromatic rings. The molecule has 1 saturated heterocycles. The van der Waals surface area contributed by atoms with Crippen LogP contribution in [-0.4, -0.2) is 33.3 Å². The van der Waals surface area contributed by atoms with E-state index in [1.54, 1.807) is 6.20 Å². The molecule has 4 nitrogen and oxygen atoms in total. The van der Waals surface area contributed by atoms with E-state index < -0.39 is 5.60 Å². The van der Waals surface area contributed by atoms with Crippen molar-refractivity contribution in [3.63, 3.8) is 0 Å². The molecule has 0 saturated carbocycles. The van der Waals surface area contributed by atoms with Crippen molar-refractivity contribution in [3.05, 3.63) is 120 Å². The van der Waals surface area contributed by atoms with Crippen molar-refractivity contribution >= 4 is 11.8 Å². The van der Waals surface area contributed by atoms with Crippen LogP contribution in [0.5, 0.6) is 0 Å². The average Bonchev–Trinajstić information content (AvgIpc) is 3.40. The summed E-state index contributed by atoms with van der Waals surface area (Å²) in [6.45, 7) is 4.77. The lowest BCUT2D eigenvalue weighted by molar-refractivity contribution is 0.0884. The quantitative estimate of drug-likeness (QED) is 0.298. The van der Waals surface area contributed by atoms with Crippen LogP contribution in [0.25, 0.3) is 0 Å². The molecule has 6 heteroatoms. The van der Waals surface area contributed by atoms with Crippen LogP contribution in [0, 0.1) is 11.7 Å². The van der Waals surface area contributed by atoms with E-state index in [4.69, 9.17) is 4.42 Å². The highest BCUT2D eigenvalue weighted by Gasteiger charge is 2.39. The summed E-state index contributed by atoms with van der Waals surface area (Å²) in [6.07, 6.45) is 3.97. The number of piperidine rings is 1. The van der Waals surface area contributed by atoms with E-state index in [1.165, 1.54) is 12.1 Å². The Hall–Kier alpha value is -2.93. The summed E-state index contributed by atoms with van der Waals surface area (Å²) in [5, 5.41) is 12.4. The Balaban J connectivity index is 1.35. The second-order valence-electron chi connectivity index (χ2n) is 9.38. The van der Waals surface area contributed by atoms with Gasteiger partial charge in [0.2, 0.25) is 5.89 Å². The summed E-state index contributed by atoms with van der Waals surface area (Å²) >= 11 is 1.83. The highest BCUT2D eigenvalue weighted by atomic mass is 32.2. The zero-order valence-electron chi connectivity index (χ0n) is 20.4. The Morgan fingerprint density at radius 1 is 1.00 bits per heavy atom. The lowest BCUT2D eigenvalue weighted by atomic mass is 9.86. The van der Waals surface area contributed by atoms with Crippen LogP contribution in [0.1, 0.15) is 42.5 Å². The van der Waals surface area contributed by atoms with Crippen LogP contribution < -0.4 is 0 Å². The fourth-order valence-corrected chi connectivity index (χ4v) is 6.45. The third-order valence-electron chi connectivity index (χ3n) is 7.03. The van der Waals surface area contributed by atoms with Gasteiger partial charge < -0.3 is 9.52 Å². The van der Waals surface area contributed by atoms with Gasteiger partial charge in [0.15, 0.2) is 5.60 Å². The van der Waals surface area contributed by atoms with Gasteiger partial charge in [0.25, 0.3) is 0 Å². The third-order valence-corrected chi connectivity index (χ3v) is 8.41. The third kappa shape index (κ3) is 5.26. The molecular formula is C30H31FN2O2S. The van der Waals surface area contributed by atoms with E-state index in [9.17, 15) is 9.50 Å². The first kappa shape index (κ1) is 24.8. The summed E-state index contributed by atoms with van der Waals surface area (Å²) in [4.78, 5) is 8.04. The van der Waals surface area contributed by atoms with Gasteiger partial charge in [0.05, 0.1) is 12.7 Å². The number of hydrogen-bond acceptors (Lipinski definition) is 5. The number of aliphatic hydroxyl groups is 1. The number of hydrogen-bond donors (Lipinski definition) is 1. The fourth-order valence-electron chi connectivity index (χ4n) is 5.00. The average molecular weight is 503 g/mol. The molecule has 2 unspecified atom stereocenters. The maximum Gasteiger partial charge on any atom is 0.236 e. The van der Waals surface area contributed by atoms with Gasteiger partial charge in [-0.2, -0.15) is 0 Å². The monoisotopic (exact) mass is 502 g/mol. The molecule has 1 N–H and O–H groups in total. The van der Waals surface area contributed by atoms with E-state index in [1.807, 2.05) is 84.6 Å². The first-order valence-electron chi connectivity index (χ1n) is 12.5. The topological polar surface area (TPSA) is 49.5 Å². The number of halogens is 1. The van der Waals surface area contributed by atoms with Crippen molar-refractivity contribution < 1.29 is 13.9 Å². The first-order valence-corrected chi connectivity index (χ1v) is 13.4. The predicted molar refractivity (Wildman–Crippen MR) is 141 cm³/mol. The second-order valence-corrected chi connectivity index (χ2v) is 10.7. The van der Waals surface area contributed by atoms with Crippen LogP contribution >= 0.6 is 11.8 Å². The van der Waals surface area contributed by atoms with E-state index in [0.717, 1.165) is 36.6 Å². The molecule has 5 rings (SSSR count). The second kappa shape index (κ2) is 11.0. The summed E-state index contributed by atoms with van der Waals surface area (Å²) in [5.74, 6) is 1.41. The number of oxazole rings is 1. The summed E-state index contributed by atoms with van der Waals surface area (Å²) in [6, 6.07) is 25.8. The van der Waals surface area contributed by atoms with Gasteiger partial charge >= 0.3 is 0 Å². The maximum absolute atomic E-state index is 13.4. The molecule has 3 aromatic carbocycles. The number of nitrogens with zero attached hydrogens (tertiary/aromatic N) is 2. The number of thioether (sulfide) groups is 1. The van der Waals surface area contributed by atoms with Gasteiger partial charge in [0.1, 0.15) is 11.6 Å². The fraction of sp³-hybridized carbons (Fsp3) is 0.300. The minimum Gasteiger partial charge on any atom is -0.441 e. The zero-order chi connectivity index (χ0) is 25.0. The molecule has 36 heavy (non-hydrogen) atoms. The maximum atomic E-state index is 13.4. The molecule has 1 aromatic heterocycles. The molecule has 1 fully saturated rings. The summed E-state index contributed by atoms with van der Waals surface area (Å²) in [5.41, 5.74) is -0.0510. The van der Waals surface area contributed by atoms with Crippen molar-refractivity contribution in [2.45, 2.75) is 42.1 Å². The minimum absolute atomic E-state index is 0.205. The molecule has 2 heterocycles. The molecule has 0 bridgehead atoms. The van der Waals surface area contributed by atoms with E-state index in [-0.39, 0.29) is 11.7 Å². The zero-order valence-corrected chi connectivity index (χ0v) is 21.2. The number of aromatic nitrogens is 1. The van der Waals surface area contributed by atoms with Gasteiger partial charge in [0, 0.05) is 16.7 Å².